The molecule has 0 saturated heterocycles. The van der Waals surface area contributed by atoms with E-state index in [4.69, 9.17) is 11.5 Å². The monoisotopic (exact) mass is 267 g/mol. The van der Waals surface area contributed by atoms with Crippen molar-refractivity contribution in [3.63, 3.8) is 0 Å². The number of aliphatic hydroxyl groups is 1. The normalized spacial score (nSPS) is 11.5. The van der Waals surface area contributed by atoms with Gasteiger partial charge in [0.2, 0.25) is 10.0 Å². The lowest BCUT2D eigenvalue weighted by atomic mass is 10.1. The molecule has 1 aromatic carbocycles. The van der Waals surface area contributed by atoms with Crippen molar-refractivity contribution in [2.24, 2.45) is 0 Å². The second-order valence-electron chi connectivity index (χ2n) is 3.88. The molecule has 0 radical (unpaired) electrons. The summed E-state index contributed by atoms with van der Waals surface area (Å²) in [5.74, 6) is 2.34. The van der Waals surface area contributed by atoms with Crippen LogP contribution >= 0.6 is 0 Å². The van der Waals surface area contributed by atoms with Gasteiger partial charge in [0.15, 0.2) is 0 Å². The van der Waals surface area contributed by atoms with Crippen LogP contribution in [0.25, 0.3) is 0 Å². The third kappa shape index (κ3) is 2.91. The Labute approximate surface area is 108 Å². The Morgan fingerprint density at radius 1 is 1.44 bits per heavy atom. The van der Waals surface area contributed by atoms with Gasteiger partial charge in [-0.15, -0.1) is 6.42 Å². The van der Waals surface area contributed by atoms with Gasteiger partial charge in [-0.25, -0.2) is 8.42 Å². The zero-order valence-corrected chi connectivity index (χ0v) is 11.4. The van der Waals surface area contributed by atoms with Crippen LogP contribution in [0.1, 0.15) is 18.1 Å². The highest BCUT2D eigenvalue weighted by Gasteiger charge is 2.22. The fourth-order valence-corrected chi connectivity index (χ4v) is 3.07. The maximum absolute atomic E-state index is 12.3. The number of nitrogens with zero attached hydrogens (tertiary/aromatic N) is 1. The molecule has 5 heteroatoms. The molecule has 0 unspecified atom stereocenters. The van der Waals surface area contributed by atoms with Gasteiger partial charge in [0.25, 0.3) is 0 Å². The van der Waals surface area contributed by atoms with E-state index in [9.17, 15) is 8.42 Å². The fraction of sp³-hybridized carbons (Fsp3) is 0.385. The van der Waals surface area contributed by atoms with E-state index in [-0.39, 0.29) is 18.0 Å². The summed E-state index contributed by atoms with van der Waals surface area (Å²) >= 11 is 0. The van der Waals surface area contributed by atoms with Crippen molar-refractivity contribution in [3.8, 4) is 12.3 Å². The third-order valence-electron chi connectivity index (χ3n) is 2.74. The van der Waals surface area contributed by atoms with Gasteiger partial charge in [0.05, 0.1) is 18.0 Å². The maximum Gasteiger partial charge on any atom is 0.243 e. The molecule has 18 heavy (non-hydrogen) atoms. The molecular formula is C13H17NO3S. The van der Waals surface area contributed by atoms with Crippen LogP contribution in [0.5, 0.6) is 0 Å². The quantitative estimate of drug-likeness (QED) is 0.814. The second-order valence-corrected chi connectivity index (χ2v) is 5.82. The molecule has 0 spiro atoms. The van der Waals surface area contributed by atoms with Gasteiger partial charge in [0.1, 0.15) is 0 Å². The van der Waals surface area contributed by atoms with Gasteiger partial charge >= 0.3 is 0 Å². The summed E-state index contributed by atoms with van der Waals surface area (Å²) in [6.45, 7) is 3.78. The minimum absolute atomic E-state index is 0.0552. The zero-order chi connectivity index (χ0) is 13.8. The van der Waals surface area contributed by atoms with Crippen molar-refractivity contribution in [2.75, 3.05) is 13.1 Å². The van der Waals surface area contributed by atoms with E-state index in [0.717, 1.165) is 5.56 Å². The molecule has 0 aliphatic heterocycles. The number of sulfonamides is 1. The van der Waals surface area contributed by atoms with E-state index in [1.807, 2.05) is 0 Å². The van der Waals surface area contributed by atoms with Crippen molar-refractivity contribution >= 4 is 10.0 Å². The number of hydrogen-bond acceptors (Lipinski definition) is 3. The van der Waals surface area contributed by atoms with Crippen LogP contribution in [0, 0.1) is 19.3 Å². The minimum Gasteiger partial charge on any atom is -0.392 e. The summed E-state index contributed by atoms with van der Waals surface area (Å²) in [4.78, 5) is 0.203. The molecule has 0 saturated carbocycles. The van der Waals surface area contributed by atoms with E-state index < -0.39 is 10.0 Å². The average Bonchev–Trinajstić information content (AvgIpc) is 2.35. The molecule has 0 aromatic heterocycles. The Bertz CT molecular complexity index is 558. The first kappa shape index (κ1) is 14.7. The van der Waals surface area contributed by atoms with Crippen molar-refractivity contribution < 1.29 is 13.5 Å². The molecule has 0 atom stereocenters. The number of rotatable bonds is 5. The van der Waals surface area contributed by atoms with Crippen LogP contribution in [-0.2, 0) is 16.6 Å². The van der Waals surface area contributed by atoms with E-state index in [2.05, 4.69) is 5.92 Å². The molecule has 1 aromatic rings. The topological polar surface area (TPSA) is 57.6 Å². The molecule has 0 heterocycles. The Balaban J connectivity index is 3.20. The highest BCUT2D eigenvalue weighted by Crippen LogP contribution is 2.19. The lowest BCUT2D eigenvalue weighted by Crippen LogP contribution is -2.31. The Morgan fingerprint density at radius 2 is 2.11 bits per heavy atom. The van der Waals surface area contributed by atoms with Gasteiger partial charge in [-0.2, -0.15) is 4.31 Å². The molecule has 0 fully saturated rings. The standard InChI is InChI=1S/C13H17NO3S/c1-4-8-14(5-2)18(16,17)13-7-6-12(10-15)11(3)9-13/h1,6-7,9,15H,5,8,10H2,2-3H3. The van der Waals surface area contributed by atoms with Crippen LogP contribution < -0.4 is 0 Å². The summed E-state index contributed by atoms with van der Waals surface area (Å²) in [7, 11) is -3.55. The molecular weight excluding hydrogens is 250 g/mol. The van der Waals surface area contributed by atoms with Crippen LogP contribution in [0.15, 0.2) is 23.1 Å². The molecule has 0 bridgehead atoms. The van der Waals surface area contributed by atoms with Gasteiger partial charge in [0, 0.05) is 6.54 Å². The number of terminal acetylenes is 1. The average molecular weight is 267 g/mol. The van der Waals surface area contributed by atoms with E-state index in [1.165, 1.54) is 10.4 Å². The molecule has 0 amide bonds. The Hall–Kier alpha value is -1.35. The first-order valence-electron chi connectivity index (χ1n) is 5.61. The predicted octanol–water partition coefficient (Wildman–Crippen LogP) is 1.13. The SMILES string of the molecule is C#CCN(CC)S(=O)(=O)c1ccc(CO)c(C)c1. The van der Waals surface area contributed by atoms with E-state index >= 15 is 0 Å². The summed E-state index contributed by atoms with van der Waals surface area (Å²) in [6, 6.07) is 4.67. The van der Waals surface area contributed by atoms with E-state index in [1.54, 1.807) is 26.0 Å². The van der Waals surface area contributed by atoms with Crippen molar-refractivity contribution in [1.29, 1.82) is 0 Å². The smallest absolute Gasteiger partial charge is 0.243 e. The molecule has 98 valence electrons. The Kier molecular flexibility index (Phi) is 4.91. The molecule has 1 rings (SSSR count). The third-order valence-corrected chi connectivity index (χ3v) is 4.66. The Morgan fingerprint density at radius 3 is 2.56 bits per heavy atom. The molecule has 0 aliphatic rings. The number of aliphatic hydroxyl groups excluding tert-OH is 1. The van der Waals surface area contributed by atoms with Gasteiger partial charge in [-0.1, -0.05) is 18.9 Å². The predicted molar refractivity (Wildman–Crippen MR) is 70.4 cm³/mol. The lowest BCUT2D eigenvalue weighted by molar-refractivity contribution is 0.281. The van der Waals surface area contributed by atoms with Crippen LogP contribution in [0.4, 0.5) is 0 Å². The van der Waals surface area contributed by atoms with Crippen LogP contribution in [0.3, 0.4) is 0 Å². The van der Waals surface area contributed by atoms with Gasteiger partial charge in [-0.3, -0.25) is 0 Å². The summed E-state index contributed by atoms with van der Waals surface area (Å²) < 4.78 is 25.8. The van der Waals surface area contributed by atoms with Gasteiger partial charge < -0.3 is 5.11 Å². The van der Waals surface area contributed by atoms with Crippen molar-refractivity contribution in [1.82, 2.24) is 4.31 Å². The second kappa shape index (κ2) is 6.01. The molecule has 1 N–H and O–H groups in total. The van der Waals surface area contributed by atoms with Crippen molar-refractivity contribution in [2.45, 2.75) is 25.3 Å². The summed E-state index contributed by atoms with van der Waals surface area (Å²) in [5, 5.41) is 9.07. The molecule has 4 nitrogen and oxygen atoms in total. The highest BCUT2D eigenvalue weighted by molar-refractivity contribution is 7.89. The molecule has 0 aliphatic carbocycles. The zero-order valence-electron chi connectivity index (χ0n) is 10.5. The van der Waals surface area contributed by atoms with E-state index in [0.29, 0.717) is 12.1 Å². The number of hydrogen-bond donors (Lipinski definition) is 1. The first-order valence-corrected chi connectivity index (χ1v) is 7.05. The number of benzene rings is 1. The number of aryl methyl sites for hydroxylation is 1. The van der Waals surface area contributed by atoms with Gasteiger partial charge in [-0.05, 0) is 30.2 Å². The highest BCUT2D eigenvalue weighted by atomic mass is 32.2. The largest absolute Gasteiger partial charge is 0.392 e. The lowest BCUT2D eigenvalue weighted by Gasteiger charge is -2.18. The first-order chi connectivity index (χ1) is 8.47. The summed E-state index contributed by atoms with van der Waals surface area (Å²) in [5.41, 5.74) is 1.46. The minimum atomic E-state index is -3.55. The maximum atomic E-state index is 12.3. The summed E-state index contributed by atoms with van der Waals surface area (Å²) in [6.07, 6.45) is 5.17. The van der Waals surface area contributed by atoms with Crippen LogP contribution in [-0.4, -0.2) is 30.9 Å². The fourth-order valence-electron chi connectivity index (χ4n) is 1.62. The van der Waals surface area contributed by atoms with Crippen LogP contribution in [0.2, 0.25) is 0 Å². The van der Waals surface area contributed by atoms with Crippen molar-refractivity contribution in [3.05, 3.63) is 29.3 Å².